The summed E-state index contributed by atoms with van der Waals surface area (Å²) in [6.45, 7) is 1.90. The van der Waals surface area contributed by atoms with Gasteiger partial charge >= 0.3 is 0 Å². The molecular weight excluding hydrogens is 461 g/mol. The van der Waals surface area contributed by atoms with Gasteiger partial charge in [0.15, 0.2) is 5.96 Å². The first-order valence-corrected chi connectivity index (χ1v) is 8.75. The van der Waals surface area contributed by atoms with E-state index in [0.717, 1.165) is 38.1 Å². The lowest BCUT2D eigenvalue weighted by atomic mass is 10.2. The van der Waals surface area contributed by atoms with Crippen LogP contribution in [-0.2, 0) is 6.54 Å². The third-order valence-electron chi connectivity index (χ3n) is 4.09. The summed E-state index contributed by atoms with van der Waals surface area (Å²) in [4.78, 5) is 6.33. The molecule has 2 N–H and O–H groups in total. The molecule has 0 heterocycles. The molecule has 0 aliphatic carbocycles. The van der Waals surface area contributed by atoms with Crippen LogP contribution < -0.4 is 15.5 Å². The zero-order valence-corrected chi connectivity index (χ0v) is 18.0. The van der Waals surface area contributed by atoms with Crippen LogP contribution in [0.15, 0.2) is 53.5 Å². The molecule has 0 unspecified atom stereocenters. The Hall–Kier alpha value is -1.90. The Morgan fingerprint density at radius 3 is 2.48 bits per heavy atom. The molecule has 0 saturated heterocycles. The number of benzene rings is 2. The van der Waals surface area contributed by atoms with Crippen LogP contribution in [0, 0.1) is 11.6 Å². The van der Waals surface area contributed by atoms with E-state index in [0.29, 0.717) is 5.96 Å². The summed E-state index contributed by atoms with van der Waals surface area (Å²) in [5.74, 6) is -0.308. The molecule has 7 heteroatoms. The van der Waals surface area contributed by atoms with Crippen molar-refractivity contribution in [3.8, 4) is 0 Å². The van der Waals surface area contributed by atoms with E-state index in [1.165, 1.54) is 11.8 Å². The first-order valence-electron chi connectivity index (χ1n) is 8.75. The molecule has 2 rings (SSSR count). The summed E-state index contributed by atoms with van der Waals surface area (Å²) in [6.07, 6.45) is 2.01. The second kappa shape index (κ2) is 12.5. The molecule has 148 valence electrons. The van der Waals surface area contributed by atoms with Crippen molar-refractivity contribution >= 4 is 35.6 Å². The Kier molecular flexibility index (Phi) is 10.7. The minimum atomic E-state index is -0.450. The number of para-hydroxylation sites is 1. The van der Waals surface area contributed by atoms with Crippen molar-refractivity contribution < 1.29 is 8.78 Å². The number of aliphatic imine (C=N–C) groups is 1. The molecular formula is C20H27F2IN4. The molecule has 0 radical (unpaired) electrons. The Morgan fingerprint density at radius 1 is 1.04 bits per heavy atom. The number of anilines is 1. The molecule has 0 bridgehead atoms. The highest BCUT2D eigenvalue weighted by Crippen LogP contribution is 2.11. The van der Waals surface area contributed by atoms with Gasteiger partial charge in [0.25, 0.3) is 0 Å². The summed E-state index contributed by atoms with van der Waals surface area (Å²) >= 11 is 0. The van der Waals surface area contributed by atoms with Crippen LogP contribution in [0.25, 0.3) is 0 Å². The third kappa shape index (κ3) is 8.11. The molecule has 0 atom stereocenters. The topological polar surface area (TPSA) is 39.7 Å². The Bertz CT molecular complexity index is 710. The second-order valence-corrected chi connectivity index (χ2v) is 6.05. The largest absolute Gasteiger partial charge is 0.375 e. The zero-order valence-electron chi connectivity index (χ0n) is 15.7. The minimum Gasteiger partial charge on any atom is -0.375 e. The Morgan fingerprint density at radius 2 is 1.78 bits per heavy atom. The van der Waals surface area contributed by atoms with E-state index < -0.39 is 11.6 Å². The number of nitrogens with zero attached hydrogens (tertiary/aromatic N) is 2. The van der Waals surface area contributed by atoms with Crippen molar-refractivity contribution in [2.24, 2.45) is 4.99 Å². The number of unbranched alkanes of at least 4 members (excludes halogenated alkanes) is 1. The van der Waals surface area contributed by atoms with Gasteiger partial charge in [0.2, 0.25) is 0 Å². The summed E-state index contributed by atoms with van der Waals surface area (Å²) < 4.78 is 26.8. The zero-order chi connectivity index (χ0) is 18.8. The van der Waals surface area contributed by atoms with E-state index in [9.17, 15) is 8.78 Å². The van der Waals surface area contributed by atoms with Gasteiger partial charge < -0.3 is 15.5 Å². The van der Waals surface area contributed by atoms with Crippen LogP contribution in [0.4, 0.5) is 14.5 Å². The number of rotatable bonds is 8. The first-order chi connectivity index (χ1) is 12.6. The quantitative estimate of drug-likeness (QED) is 0.254. The monoisotopic (exact) mass is 488 g/mol. The van der Waals surface area contributed by atoms with Crippen LogP contribution in [0.2, 0.25) is 0 Å². The molecule has 0 spiro atoms. The van der Waals surface area contributed by atoms with E-state index in [1.54, 1.807) is 7.05 Å². The summed E-state index contributed by atoms with van der Waals surface area (Å²) in [5, 5.41) is 6.19. The summed E-state index contributed by atoms with van der Waals surface area (Å²) in [5.41, 5.74) is 1.48. The highest BCUT2D eigenvalue weighted by atomic mass is 127. The van der Waals surface area contributed by atoms with Crippen LogP contribution in [0.3, 0.4) is 0 Å². The number of hydrogen-bond donors (Lipinski definition) is 2. The van der Waals surface area contributed by atoms with Gasteiger partial charge in [0.05, 0.1) is 0 Å². The maximum atomic E-state index is 13.6. The van der Waals surface area contributed by atoms with Crippen molar-refractivity contribution in [3.05, 3.63) is 65.7 Å². The average molecular weight is 488 g/mol. The second-order valence-electron chi connectivity index (χ2n) is 6.05. The molecule has 4 nitrogen and oxygen atoms in total. The average Bonchev–Trinajstić information content (AvgIpc) is 2.67. The van der Waals surface area contributed by atoms with Crippen LogP contribution >= 0.6 is 24.0 Å². The smallest absolute Gasteiger partial charge is 0.191 e. The van der Waals surface area contributed by atoms with Gasteiger partial charge in [-0.25, -0.2) is 8.78 Å². The van der Waals surface area contributed by atoms with Gasteiger partial charge in [-0.15, -0.1) is 24.0 Å². The SMILES string of the molecule is CN=C(NCCCCN(C)c1ccccc1)NCc1cc(F)ccc1F.I. The van der Waals surface area contributed by atoms with Gasteiger partial charge in [-0.1, -0.05) is 18.2 Å². The van der Waals surface area contributed by atoms with Crippen molar-refractivity contribution in [2.45, 2.75) is 19.4 Å². The molecule has 0 saturated carbocycles. The fourth-order valence-electron chi connectivity index (χ4n) is 2.57. The van der Waals surface area contributed by atoms with Crippen molar-refractivity contribution in [1.29, 1.82) is 0 Å². The van der Waals surface area contributed by atoms with Gasteiger partial charge in [-0.2, -0.15) is 0 Å². The highest BCUT2D eigenvalue weighted by molar-refractivity contribution is 14.0. The van der Waals surface area contributed by atoms with E-state index in [-0.39, 0.29) is 36.1 Å². The van der Waals surface area contributed by atoms with E-state index in [4.69, 9.17) is 0 Å². The lowest BCUT2D eigenvalue weighted by Gasteiger charge is -2.19. The normalized spacial score (nSPS) is 10.9. The molecule has 2 aromatic carbocycles. The van der Waals surface area contributed by atoms with E-state index in [2.05, 4.69) is 39.7 Å². The summed E-state index contributed by atoms with van der Waals surface area (Å²) in [7, 11) is 3.73. The van der Waals surface area contributed by atoms with Crippen LogP contribution in [-0.4, -0.2) is 33.1 Å². The Labute approximate surface area is 177 Å². The standard InChI is InChI=1S/C20H26F2N4.HI/c1-23-20(25-15-16-14-17(21)10-11-19(16)22)24-12-6-7-13-26(2)18-8-4-3-5-9-18;/h3-5,8-11,14H,6-7,12-13,15H2,1-2H3,(H2,23,24,25);1H. The number of guanidine groups is 1. The minimum absolute atomic E-state index is 0. The maximum absolute atomic E-state index is 13.6. The maximum Gasteiger partial charge on any atom is 0.191 e. The van der Waals surface area contributed by atoms with Gasteiger partial charge in [0.1, 0.15) is 11.6 Å². The van der Waals surface area contributed by atoms with E-state index >= 15 is 0 Å². The molecule has 2 aromatic rings. The van der Waals surface area contributed by atoms with Crippen molar-refractivity contribution in [1.82, 2.24) is 10.6 Å². The fourth-order valence-corrected chi connectivity index (χ4v) is 2.57. The van der Waals surface area contributed by atoms with Gasteiger partial charge in [-0.3, -0.25) is 4.99 Å². The lowest BCUT2D eigenvalue weighted by Crippen LogP contribution is -2.37. The van der Waals surface area contributed by atoms with Gasteiger partial charge in [0, 0.05) is 45.0 Å². The van der Waals surface area contributed by atoms with Crippen molar-refractivity contribution in [3.63, 3.8) is 0 Å². The Balaban J connectivity index is 0.00000364. The molecule has 0 fully saturated rings. The van der Waals surface area contributed by atoms with Crippen LogP contribution in [0.1, 0.15) is 18.4 Å². The van der Waals surface area contributed by atoms with Crippen molar-refractivity contribution in [2.75, 3.05) is 32.1 Å². The fraction of sp³-hybridized carbons (Fsp3) is 0.350. The van der Waals surface area contributed by atoms with Crippen LogP contribution in [0.5, 0.6) is 0 Å². The molecule has 0 aliphatic heterocycles. The highest BCUT2D eigenvalue weighted by Gasteiger charge is 2.05. The summed E-state index contributed by atoms with van der Waals surface area (Å²) in [6, 6.07) is 13.7. The number of nitrogens with one attached hydrogen (secondary N) is 2. The van der Waals surface area contributed by atoms with Gasteiger partial charge in [-0.05, 0) is 43.2 Å². The number of hydrogen-bond acceptors (Lipinski definition) is 2. The lowest BCUT2D eigenvalue weighted by molar-refractivity contribution is 0.580. The predicted octanol–water partition coefficient (Wildman–Crippen LogP) is 4.16. The van der Waals surface area contributed by atoms with E-state index in [1.807, 2.05) is 18.2 Å². The first kappa shape index (κ1) is 23.1. The number of halogens is 3. The molecule has 0 aliphatic rings. The molecule has 27 heavy (non-hydrogen) atoms. The molecule has 0 aromatic heterocycles. The third-order valence-corrected chi connectivity index (χ3v) is 4.09. The molecule has 0 amide bonds. The predicted molar refractivity (Wildman–Crippen MR) is 119 cm³/mol.